The van der Waals surface area contributed by atoms with Crippen molar-refractivity contribution in [1.82, 2.24) is 4.90 Å². The number of hydrogen-bond acceptors (Lipinski definition) is 2. The molecular formula is C13H12Cl2INO3. The van der Waals surface area contributed by atoms with E-state index in [-0.39, 0.29) is 5.91 Å². The van der Waals surface area contributed by atoms with Gasteiger partial charge in [0.15, 0.2) is 0 Å². The van der Waals surface area contributed by atoms with E-state index in [1.54, 1.807) is 6.07 Å². The Morgan fingerprint density at radius 1 is 1.30 bits per heavy atom. The fourth-order valence-corrected chi connectivity index (χ4v) is 3.33. The average molecular weight is 428 g/mol. The number of carboxylic acids is 1. The van der Waals surface area contributed by atoms with Crippen LogP contribution in [0.15, 0.2) is 12.1 Å². The lowest BCUT2D eigenvalue weighted by atomic mass is 10.0. The standard InChI is InChI=1S/C13H12Cl2INO3/c14-7-5-8(11(16)9(15)6-7)12(18)17-4-2-1-3-10(17)13(19)20/h5-6,10H,1-4H2,(H,19,20)/t10-/m1/s1. The average Bonchev–Trinajstić information content (AvgIpc) is 2.42. The minimum Gasteiger partial charge on any atom is -0.480 e. The van der Waals surface area contributed by atoms with Crippen molar-refractivity contribution < 1.29 is 14.7 Å². The first-order valence-electron chi connectivity index (χ1n) is 6.10. The summed E-state index contributed by atoms with van der Waals surface area (Å²) in [6.45, 7) is 0.440. The van der Waals surface area contributed by atoms with Crippen LogP contribution in [0.25, 0.3) is 0 Å². The summed E-state index contributed by atoms with van der Waals surface area (Å²) in [7, 11) is 0. The van der Waals surface area contributed by atoms with Gasteiger partial charge in [0.1, 0.15) is 6.04 Å². The van der Waals surface area contributed by atoms with Gasteiger partial charge in [0, 0.05) is 15.1 Å². The van der Waals surface area contributed by atoms with Gasteiger partial charge in [-0.3, -0.25) is 4.79 Å². The molecule has 1 aromatic carbocycles. The maximum atomic E-state index is 12.6. The number of carbonyl (C=O) groups excluding carboxylic acids is 1. The van der Waals surface area contributed by atoms with Gasteiger partial charge in [0.2, 0.25) is 0 Å². The number of amides is 1. The second-order valence-corrected chi connectivity index (χ2v) is 6.52. The van der Waals surface area contributed by atoms with Crippen molar-refractivity contribution in [2.75, 3.05) is 6.54 Å². The maximum Gasteiger partial charge on any atom is 0.326 e. The van der Waals surface area contributed by atoms with Gasteiger partial charge in [-0.25, -0.2) is 4.79 Å². The number of piperidine rings is 1. The molecule has 0 saturated carbocycles. The molecule has 1 aliphatic rings. The molecule has 1 amide bonds. The van der Waals surface area contributed by atoms with Crippen LogP contribution in [-0.4, -0.2) is 34.5 Å². The number of benzene rings is 1. The fraction of sp³-hybridized carbons (Fsp3) is 0.385. The van der Waals surface area contributed by atoms with Crippen molar-refractivity contribution in [1.29, 1.82) is 0 Å². The molecule has 1 atom stereocenters. The minimum atomic E-state index is -0.971. The lowest BCUT2D eigenvalue weighted by Gasteiger charge is -2.33. The number of carbonyl (C=O) groups is 2. The van der Waals surface area contributed by atoms with E-state index in [0.717, 1.165) is 12.8 Å². The van der Waals surface area contributed by atoms with E-state index in [9.17, 15) is 14.7 Å². The van der Waals surface area contributed by atoms with Crippen LogP contribution in [0.5, 0.6) is 0 Å². The highest BCUT2D eigenvalue weighted by molar-refractivity contribution is 14.1. The van der Waals surface area contributed by atoms with Crippen LogP contribution in [0, 0.1) is 3.57 Å². The molecule has 0 bridgehead atoms. The summed E-state index contributed by atoms with van der Waals surface area (Å²) in [5.74, 6) is -1.30. The van der Waals surface area contributed by atoms with Crippen molar-refractivity contribution >= 4 is 57.7 Å². The van der Waals surface area contributed by atoms with Gasteiger partial charge in [-0.1, -0.05) is 23.2 Å². The Morgan fingerprint density at radius 3 is 2.65 bits per heavy atom. The van der Waals surface area contributed by atoms with E-state index in [1.165, 1.54) is 11.0 Å². The predicted octanol–water partition coefficient (Wildman–Crippen LogP) is 3.68. The molecule has 0 radical (unpaired) electrons. The van der Waals surface area contributed by atoms with Crippen LogP contribution in [0.2, 0.25) is 10.0 Å². The number of rotatable bonds is 2. The normalized spacial score (nSPS) is 18.9. The monoisotopic (exact) mass is 427 g/mol. The van der Waals surface area contributed by atoms with E-state index in [0.29, 0.717) is 32.1 Å². The van der Waals surface area contributed by atoms with E-state index >= 15 is 0 Å². The first-order chi connectivity index (χ1) is 9.41. The molecule has 1 aromatic rings. The molecular weight excluding hydrogens is 416 g/mol. The Labute approximate surface area is 140 Å². The molecule has 20 heavy (non-hydrogen) atoms. The summed E-state index contributed by atoms with van der Waals surface area (Å²) in [6, 6.07) is 2.32. The molecule has 0 aromatic heterocycles. The van der Waals surface area contributed by atoms with E-state index < -0.39 is 12.0 Å². The fourth-order valence-electron chi connectivity index (χ4n) is 2.30. The molecule has 0 unspecified atom stereocenters. The van der Waals surface area contributed by atoms with Gasteiger partial charge < -0.3 is 10.0 Å². The van der Waals surface area contributed by atoms with Crippen molar-refractivity contribution in [3.8, 4) is 0 Å². The van der Waals surface area contributed by atoms with Gasteiger partial charge in [0.05, 0.1) is 10.6 Å². The smallest absolute Gasteiger partial charge is 0.326 e. The predicted molar refractivity (Wildman–Crippen MR) is 85.5 cm³/mol. The number of halogens is 3. The van der Waals surface area contributed by atoms with Crippen molar-refractivity contribution in [3.63, 3.8) is 0 Å². The Hall–Kier alpha value is -0.530. The Balaban J connectivity index is 2.37. The summed E-state index contributed by atoms with van der Waals surface area (Å²) in [6.07, 6.45) is 2.10. The Kier molecular flexibility index (Phi) is 5.14. The third-order valence-corrected chi connectivity index (χ3v) is 5.27. The lowest BCUT2D eigenvalue weighted by Crippen LogP contribution is -2.48. The van der Waals surface area contributed by atoms with Crippen molar-refractivity contribution in [2.24, 2.45) is 0 Å². The zero-order chi connectivity index (χ0) is 14.9. The van der Waals surface area contributed by atoms with Crippen molar-refractivity contribution in [3.05, 3.63) is 31.3 Å². The lowest BCUT2D eigenvalue weighted by molar-refractivity contribution is -0.143. The molecule has 7 heteroatoms. The highest BCUT2D eigenvalue weighted by Crippen LogP contribution is 2.29. The van der Waals surface area contributed by atoms with Crippen LogP contribution in [0.4, 0.5) is 0 Å². The number of hydrogen-bond donors (Lipinski definition) is 1. The molecule has 2 rings (SSSR count). The topological polar surface area (TPSA) is 57.6 Å². The summed E-state index contributed by atoms with van der Waals surface area (Å²) in [5, 5.41) is 9.99. The van der Waals surface area contributed by atoms with E-state index in [1.807, 2.05) is 22.6 Å². The molecule has 0 spiro atoms. The highest BCUT2D eigenvalue weighted by atomic mass is 127. The Morgan fingerprint density at radius 2 is 2.00 bits per heavy atom. The molecule has 1 fully saturated rings. The summed E-state index contributed by atoms with van der Waals surface area (Å²) in [4.78, 5) is 25.3. The first kappa shape index (κ1) is 15.9. The zero-order valence-corrected chi connectivity index (χ0v) is 14.1. The molecule has 1 heterocycles. The van der Waals surface area contributed by atoms with Gasteiger partial charge in [0.25, 0.3) is 5.91 Å². The Bertz CT molecular complexity index is 565. The largest absolute Gasteiger partial charge is 0.480 e. The third-order valence-electron chi connectivity index (χ3n) is 3.27. The second-order valence-electron chi connectivity index (χ2n) is 4.60. The number of nitrogens with zero attached hydrogens (tertiary/aromatic N) is 1. The number of aliphatic carboxylic acids is 1. The molecule has 1 aliphatic heterocycles. The van der Waals surface area contributed by atoms with Gasteiger partial charge in [-0.15, -0.1) is 0 Å². The van der Waals surface area contributed by atoms with Gasteiger partial charge >= 0.3 is 5.97 Å². The van der Waals surface area contributed by atoms with Gasteiger partial charge in [-0.05, 0) is 54.0 Å². The van der Waals surface area contributed by atoms with Crippen LogP contribution in [0.3, 0.4) is 0 Å². The van der Waals surface area contributed by atoms with Crippen LogP contribution >= 0.6 is 45.8 Å². The van der Waals surface area contributed by atoms with Crippen LogP contribution in [-0.2, 0) is 4.79 Å². The third kappa shape index (κ3) is 3.20. The molecule has 1 saturated heterocycles. The summed E-state index contributed by atoms with van der Waals surface area (Å²) < 4.78 is 0.591. The second kappa shape index (κ2) is 6.49. The molecule has 4 nitrogen and oxygen atoms in total. The number of carboxylic acid groups (broad SMARTS) is 1. The molecule has 108 valence electrons. The van der Waals surface area contributed by atoms with Gasteiger partial charge in [-0.2, -0.15) is 0 Å². The quantitative estimate of drug-likeness (QED) is 0.578. The highest BCUT2D eigenvalue weighted by Gasteiger charge is 2.33. The zero-order valence-electron chi connectivity index (χ0n) is 10.4. The first-order valence-corrected chi connectivity index (χ1v) is 7.93. The summed E-state index contributed by atoms with van der Waals surface area (Å²) in [5.41, 5.74) is 0.358. The number of likely N-dealkylation sites (tertiary alicyclic amines) is 1. The van der Waals surface area contributed by atoms with Crippen LogP contribution < -0.4 is 0 Å². The SMILES string of the molecule is O=C(O)[C@H]1CCCCN1C(=O)c1cc(Cl)cc(Cl)c1I. The molecule has 0 aliphatic carbocycles. The van der Waals surface area contributed by atoms with E-state index in [4.69, 9.17) is 23.2 Å². The summed E-state index contributed by atoms with van der Waals surface area (Å²) >= 11 is 13.9. The van der Waals surface area contributed by atoms with E-state index in [2.05, 4.69) is 0 Å². The van der Waals surface area contributed by atoms with Crippen molar-refractivity contribution in [2.45, 2.75) is 25.3 Å². The minimum absolute atomic E-state index is 0.328. The maximum absolute atomic E-state index is 12.6. The van der Waals surface area contributed by atoms with Crippen LogP contribution in [0.1, 0.15) is 29.6 Å². The molecule has 1 N–H and O–H groups in total.